The van der Waals surface area contributed by atoms with Crippen molar-refractivity contribution in [2.75, 3.05) is 38.3 Å². The van der Waals surface area contributed by atoms with Gasteiger partial charge in [-0.3, -0.25) is 4.79 Å². The lowest BCUT2D eigenvalue weighted by Gasteiger charge is -2.43. The van der Waals surface area contributed by atoms with Crippen molar-refractivity contribution in [1.29, 1.82) is 0 Å². The Bertz CT molecular complexity index is 1330. The fraction of sp³-hybridized carbons (Fsp3) is 0.483. The summed E-state index contributed by atoms with van der Waals surface area (Å²) in [5.74, 6) is 0.593. The molecule has 10 heteroatoms. The van der Waals surface area contributed by atoms with Gasteiger partial charge in [-0.25, -0.2) is 13.1 Å². The Kier molecular flexibility index (Phi) is 8.81. The highest BCUT2D eigenvalue weighted by molar-refractivity contribution is 7.90. The molecule has 1 amide bonds. The zero-order valence-corrected chi connectivity index (χ0v) is 23.7. The predicted octanol–water partition coefficient (Wildman–Crippen LogP) is 4.49. The van der Waals surface area contributed by atoms with Crippen LogP contribution in [0.2, 0.25) is 5.02 Å². The average molecular weight is 575 g/mol. The second kappa shape index (κ2) is 12.3. The van der Waals surface area contributed by atoms with E-state index in [2.05, 4.69) is 9.62 Å². The summed E-state index contributed by atoms with van der Waals surface area (Å²) in [6.07, 6.45) is 8.66. The molecule has 1 fully saturated rings. The number of carbonyl (C=O) groups excluding carboxylic acids is 1. The highest BCUT2D eigenvalue weighted by Crippen LogP contribution is 2.41. The third-order valence-electron chi connectivity index (χ3n) is 7.90. The number of rotatable bonds is 1. The van der Waals surface area contributed by atoms with Crippen LogP contribution in [0, 0.1) is 11.8 Å². The van der Waals surface area contributed by atoms with E-state index in [0.29, 0.717) is 34.9 Å². The van der Waals surface area contributed by atoms with Crippen LogP contribution in [0.5, 0.6) is 5.75 Å². The molecule has 2 heterocycles. The van der Waals surface area contributed by atoms with Crippen molar-refractivity contribution in [3.05, 3.63) is 64.7 Å². The van der Waals surface area contributed by atoms with E-state index in [1.165, 1.54) is 11.6 Å². The van der Waals surface area contributed by atoms with Crippen LogP contribution in [0.3, 0.4) is 0 Å². The minimum absolute atomic E-state index is 0.0113. The van der Waals surface area contributed by atoms with Crippen LogP contribution in [-0.2, 0) is 37.3 Å². The number of carbonyl (C=O) groups is 1. The average Bonchev–Trinajstić information content (AvgIpc) is 2.92. The number of nitrogens with one attached hydrogen (secondary N) is 1. The minimum atomic E-state index is -4.10. The zero-order chi connectivity index (χ0) is 27.4. The number of anilines is 1. The number of hydrogen-bond acceptors (Lipinski definition) is 7. The highest BCUT2D eigenvalue weighted by Gasteiger charge is 2.37. The normalized spacial score (nSPS) is 26.5. The molecule has 8 nitrogen and oxygen atoms in total. The van der Waals surface area contributed by atoms with Crippen LogP contribution >= 0.6 is 11.6 Å². The second-order valence-corrected chi connectivity index (χ2v) is 12.5. The van der Waals surface area contributed by atoms with Crippen LogP contribution in [0.4, 0.5) is 5.69 Å². The van der Waals surface area contributed by atoms with Crippen molar-refractivity contribution < 1.29 is 27.4 Å². The van der Waals surface area contributed by atoms with E-state index >= 15 is 0 Å². The van der Waals surface area contributed by atoms with E-state index in [1.54, 1.807) is 19.2 Å². The third kappa shape index (κ3) is 6.60. The molecule has 39 heavy (non-hydrogen) atoms. The highest BCUT2D eigenvalue weighted by atomic mass is 35.5. The van der Waals surface area contributed by atoms with Crippen LogP contribution in [0.1, 0.15) is 36.8 Å². The van der Waals surface area contributed by atoms with Crippen molar-refractivity contribution in [2.24, 2.45) is 11.8 Å². The van der Waals surface area contributed by atoms with Crippen LogP contribution in [0.25, 0.3) is 0 Å². The predicted molar refractivity (Wildman–Crippen MR) is 150 cm³/mol. The van der Waals surface area contributed by atoms with Crippen molar-refractivity contribution in [3.8, 4) is 5.75 Å². The van der Waals surface area contributed by atoms with Crippen LogP contribution in [0.15, 0.2) is 53.4 Å². The number of aryl methyl sites for hydroxylation is 1. The summed E-state index contributed by atoms with van der Waals surface area (Å²) < 4.78 is 45.9. The molecule has 0 aromatic heterocycles. The first-order valence-corrected chi connectivity index (χ1v) is 15.3. The van der Waals surface area contributed by atoms with Crippen LogP contribution in [-0.4, -0.2) is 53.8 Å². The van der Waals surface area contributed by atoms with Gasteiger partial charge >= 0.3 is 0 Å². The lowest BCUT2D eigenvalue weighted by atomic mass is 9.70. The number of hydrogen-bond donors (Lipinski definition) is 1. The van der Waals surface area contributed by atoms with Gasteiger partial charge < -0.3 is 19.1 Å². The lowest BCUT2D eigenvalue weighted by Crippen LogP contribution is -2.44. The quantitative estimate of drug-likeness (QED) is 0.501. The first-order chi connectivity index (χ1) is 18.8. The molecular formula is C29H35ClN2O6S. The summed E-state index contributed by atoms with van der Waals surface area (Å²) in [6.45, 7) is 1.67. The van der Waals surface area contributed by atoms with Gasteiger partial charge in [-0.1, -0.05) is 29.8 Å². The van der Waals surface area contributed by atoms with Gasteiger partial charge in [0.05, 0.1) is 23.3 Å². The summed E-state index contributed by atoms with van der Waals surface area (Å²) in [5, 5.41) is 0.703. The van der Waals surface area contributed by atoms with Gasteiger partial charge in [-0.2, -0.15) is 0 Å². The number of nitrogens with zero attached hydrogens (tertiary/aromatic N) is 1. The van der Waals surface area contributed by atoms with E-state index in [-0.39, 0.29) is 24.2 Å². The number of ether oxygens (including phenoxy) is 3. The molecule has 0 unspecified atom stereocenters. The molecule has 3 atom stereocenters. The first-order valence-electron chi connectivity index (χ1n) is 13.5. The summed E-state index contributed by atoms with van der Waals surface area (Å²) in [6, 6.07) is 10.7. The topological polar surface area (TPSA) is 94.2 Å². The van der Waals surface area contributed by atoms with E-state index in [1.807, 2.05) is 30.4 Å². The molecule has 2 aromatic rings. The maximum Gasteiger partial charge on any atom is 0.264 e. The smallest absolute Gasteiger partial charge is 0.264 e. The lowest BCUT2D eigenvalue weighted by molar-refractivity contribution is -0.123. The Balaban J connectivity index is 1.54. The fourth-order valence-corrected chi connectivity index (χ4v) is 6.85. The summed E-state index contributed by atoms with van der Waals surface area (Å²) in [4.78, 5) is 14.6. The minimum Gasteiger partial charge on any atom is -0.487 e. The summed E-state index contributed by atoms with van der Waals surface area (Å²) in [7, 11) is -2.38. The van der Waals surface area contributed by atoms with Gasteiger partial charge in [0.15, 0.2) is 0 Å². The molecule has 1 saturated carbocycles. The largest absolute Gasteiger partial charge is 0.487 e. The SMILES string of the molecule is CO[C@@H]1/C=C/COCC(=O)NS(=O)(=O)c2ccc3c(c2)N(CCCCc2cc(Cl)ccc2CO3)C[C@@H]2CC[C@H]21. The van der Waals surface area contributed by atoms with Gasteiger partial charge in [0.2, 0.25) is 0 Å². The van der Waals surface area contributed by atoms with Crippen molar-refractivity contribution in [1.82, 2.24) is 4.72 Å². The molecule has 2 aliphatic heterocycles. The Morgan fingerprint density at radius 2 is 1.95 bits per heavy atom. The molecule has 5 rings (SSSR count). The number of methoxy groups -OCH3 is 1. The van der Waals surface area contributed by atoms with Gasteiger partial charge in [-0.15, -0.1) is 0 Å². The molecule has 0 spiro atoms. The maximum absolute atomic E-state index is 13.1. The number of amides is 1. The van der Waals surface area contributed by atoms with Gasteiger partial charge in [-0.05, 0) is 85.4 Å². The number of sulfonamides is 1. The van der Waals surface area contributed by atoms with Gasteiger partial charge in [0, 0.05) is 25.2 Å². The molecule has 2 bridgehead atoms. The molecule has 3 aliphatic rings. The van der Waals surface area contributed by atoms with E-state index in [9.17, 15) is 13.2 Å². The monoisotopic (exact) mass is 574 g/mol. The molecule has 0 saturated heterocycles. The molecule has 0 radical (unpaired) electrons. The Labute approximate surface area is 235 Å². The Morgan fingerprint density at radius 3 is 2.74 bits per heavy atom. The number of halogens is 1. The fourth-order valence-electron chi connectivity index (χ4n) is 5.67. The van der Waals surface area contributed by atoms with Gasteiger partial charge in [0.1, 0.15) is 19.0 Å². The van der Waals surface area contributed by atoms with Crippen molar-refractivity contribution in [3.63, 3.8) is 0 Å². The maximum atomic E-state index is 13.1. The van der Waals surface area contributed by atoms with Crippen molar-refractivity contribution >= 4 is 33.2 Å². The zero-order valence-electron chi connectivity index (χ0n) is 22.1. The molecule has 1 N–H and O–H groups in total. The number of fused-ring (bicyclic) bond motifs is 3. The summed E-state index contributed by atoms with van der Waals surface area (Å²) in [5.41, 5.74) is 2.94. The molecule has 2 aromatic carbocycles. The van der Waals surface area contributed by atoms with E-state index < -0.39 is 15.9 Å². The Morgan fingerprint density at radius 1 is 1.08 bits per heavy atom. The molecule has 1 aliphatic carbocycles. The standard InChI is InChI=1S/C29H35ClN2O6S/c1-36-27-6-4-14-37-19-29(33)31-39(34,35)24-10-12-28-26(16-24)32(17-21-8-11-25(21)27)13-3-2-5-20-15-23(30)9-7-22(20)18-38-28/h4,6-7,9-10,12,15-16,21,25,27H,2-3,5,8,11,13-14,17-19H2,1H3,(H,31,33)/b6-4+/t21-,25+,27+/m0/s1. The first kappa shape index (κ1) is 28.0. The van der Waals surface area contributed by atoms with Gasteiger partial charge in [0.25, 0.3) is 15.9 Å². The van der Waals surface area contributed by atoms with Crippen molar-refractivity contribution in [2.45, 2.75) is 49.7 Å². The molecular weight excluding hydrogens is 540 g/mol. The van der Waals surface area contributed by atoms with Crippen LogP contribution < -0.4 is 14.4 Å². The third-order valence-corrected chi connectivity index (χ3v) is 9.51. The second-order valence-electron chi connectivity index (χ2n) is 10.4. The van der Waals surface area contributed by atoms with E-state index in [4.69, 9.17) is 25.8 Å². The number of benzene rings is 2. The summed E-state index contributed by atoms with van der Waals surface area (Å²) >= 11 is 6.29. The Hall–Kier alpha value is -2.59. The van der Waals surface area contributed by atoms with E-state index in [0.717, 1.165) is 50.8 Å². The molecule has 210 valence electrons.